The number of fused-ring (bicyclic) bond motifs is 5. The molecule has 11 atom stereocenters. The number of aliphatic hydroxyl groups is 3. The van der Waals surface area contributed by atoms with Crippen LogP contribution in [0, 0.1) is 26.9 Å². The van der Waals surface area contributed by atoms with Crippen molar-refractivity contribution >= 4 is 41.3 Å². The lowest BCUT2D eigenvalue weighted by molar-refractivity contribution is -0.384. The number of hydrogen-bond donors (Lipinski definition) is 4. The van der Waals surface area contributed by atoms with Crippen LogP contribution in [0.1, 0.15) is 86.7 Å². The maximum atomic E-state index is 15.5. The van der Waals surface area contributed by atoms with Gasteiger partial charge in [-0.2, -0.15) is 0 Å². The number of rotatable bonds is 11. The first kappa shape index (κ1) is 46.6. The van der Waals surface area contributed by atoms with Crippen LogP contribution in [0.2, 0.25) is 0 Å². The molecule has 7 rings (SSSR count). The second-order valence-electron chi connectivity index (χ2n) is 17.8. The van der Waals surface area contributed by atoms with E-state index < -0.39 is 118 Å². The number of carbonyl (C=O) groups is 6. The maximum absolute atomic E-state index is 15.5. The third-order valence-corrected chi connectivity index (χ3v) is 13.8. The molecule has 18 heteroatoms. The van der Waals surface area contributed by atoms with Crippen LogP contribution >= 0.6 is 0 Å². The number of carbonyl (C=O) groups excluding carboxylic acids is 6. The summed E-state index contributed by atoms with van der Waals surface area (Å²) in [6.07, 6.45) is -11.1. The molecule has 1 aliphatic heterocycles. The number of non-ortho nitro benzene ring substituents is 1. The zero-order valence-corrected chi connectivity index (χ0v) is 36.4. The molecule has 0 aromatic heterocycles. The van der Waals surface area contributed by atoms with E-state index in [1.54, 1.807) is 36.4 Å². The first-order chi connectivity index (χ1) is 30.6. The lowest BCUT2D eigenvalue weighted by Crippen LogP contribution is -2.82. The summed E-state index contributed by atoms with van der Waals surface area (Å²) in [6.45, 7) is 7.70. The summed E-state index contributed by atoms with van der Waals surface area (Å²) in [5.74, 6) is -7.32. The van der Waals surface area contributed by atoms with E-state index in [1.807, 2.05) is 0 Å². The van der Waals surface area contributed by atoms with Crippen molar-refractivity contribution < 1.29 is 72.7 Å². The van der Waals surface area contributed by atoms with E-state index in [0.29, 0.717) is 0 Å². The SMILES string of the molecule is CC(=O)OC1C(=O)[C@]2(C)C(O)CC3OC[C@@]3(OC(C)=O)C2C(OC(=O)c2ccccc2)C2(O)CC(OC(=O)C(O)C(NC(=O)c3ccccc3)c3ccc([N+](=O)[O-])cc3)C(C)=C1C2(C)C. The zero-order chi connectivity index (χ0) is 47.4. The van der Waals surface area contributed by atoms with Crippen molar-refractivity contribution in [3.8, 4) is 0 Å². The Balaban J connectivity index is 1.38. The number of nitrogens with zero attached hydrogens (tertiary/aromatic N) is 1. The number of ketones is 1. The second kappa shape index (κ2) is 17.2. The van der Waals surface area contributed by atoms with E-state index in [1.165, 1.54) is 64.1 Å². The average Bonchev–Trinajstić information content (AvgIpc) is 3.26. The molecule has 1 amide bonds. The van der Waals surface area contributed by atoms with Crippen LogP contribution in [0.3, 0.4) is 0 Å². The van der Waals surface area contributed by atoms with Gasteiger partial charge in [0, 0.05) is 49.8 Å². The highest BCUT2D eigenvalue weighted by molar-refractivity contribution is 5.96. The molecule has 1 heterocycles. The van der Waals surface area contributed by atoms with Crippen LogP contribution in [0.25, 0.3) is 0 Å². The molecule has 18 nitrogen and oxygen atoms in total. The van der Waals surface area contributed by atoms with E-state index in [-0.39, 0.29) is 46.6 Å². The fourth-order valence-corrected chi connectivity index (χ4v) is 10.3. The lowest BCUT2D eigenvalue weighted by atomic mass is 9.44. The van der Waals surface area contributed by atoms with Crippen LogP contribution in [-0.2, 0) is 42.9 Å². The van der Waals surface area contributed by atoms with Gasteiger partial charge in [0.2, 0.25) is 0 Å². The van der Waals surface area contributed by atoms with E-state index in [9.17, 15) is 49.4 Å². The summed E-state index contributed by atoms with van der Waals surface area (Å²) < 4.78 is 30.2. The highest BCUT2D eigenvalue weighted by Gasteiger charge is 2.78. The number of nitro benzene ring substituents is 1. The van der Waals surface area contributed by atoms with Crippen molar-refractivity contribution in [3.05, 3.63) is 123 Å². The fourth-order valence-electron chi connectivity index (χ4n) is 10.3. The van der Waals surface area contributed by atoms with Gasteiger partial charge in [-0.25, -0.2) is 9.59 Å². The van der Waals surface area contributed by atoms with E-state index in [2.05, 4.69) is 5.32 Å². The number of esters is 4. The number of nitrogens with one attached hydrogen (secondary N) is 1. The molecule has 3 aromatic rings. The molecule has 0 radical (unpaired) electrons. The van der Waals surface area contributed by atoms with E-state index >= 15 is 4.79 Å². The van der Waals surface area contributed by atoms with Crippen molar-refractivity contribution in [1.82, 2.24) is 5.32 Å². The predicted molar refractivity (Wildman–Crippen MR) is 224 cm³/mol. The summed E-state index contributed by atoms with van der Waals surface area (Å²) in [7, 11) is 0. The summed E-state index contributed by atoms with van der Waals surface area (Å²) in [4.78, 5) is 94.5. The molecule has 3 aliphatic carbocycles. The number of ether oxygens (including phenoxy) is 5. The summed E-state index contributed by atoms with van der Waals surface area (Å²) in [5, 5.41) is 51.7. The Morgan fingerprint density at radius 2 is 1.48 bits per heavy atom. The average molecular weight is 899 g/mol. The number of Topliss-reactive ketones (excluding diaryl/α,β-unsaturated/α-hetero) is 1. The van der Waals surface area contributed by atoms with Crippen molar-refractivity contribution in [3.63, 3.8) is 0 Å². The summed E-state index contributed by atoms with van der Waals surface area (Å²) >= 11 is 0. The van der Waals surface area contributed by atoms with Crippen molar-refractivity contribution in [2.24, 2.45) is 16.7 Å². The maximum Gasteiger partial charge on any atom is 0.338 e. The number of nitro groups is 1. The predicted octanol–water partition coefficient (Wildman–Crippen LogP) is 3.64. The van der Waals surface area contributed by atoms with E-state index in [4.69, 9.17) is 23.7 Å². The van der Waals surface area contributed by atoms with Gasteiger partial charge < -0.3 is 44.3 Å². The molecule has 4 aliphatic rings. The quantitative estimate of drug-likeness (QED) is 0.0704. The van der Waals surface area contributed by atoms with Crippen molar-refractivity contribution in [1.29, 1.82) is 0 Å². The van der Waals surface area contributed by atoms with Crippen LogP contribution in [0.5, 0.6) is 0 Å². The number of hydrogen-bond acceptors (Lipinski definition) is 16. The standard InChI is InChI=1S/C47H50N2O16/c1-24-31(63-43(57)36(53)35(27-17-19-30(20-18-27)49(59)60)48-41(55)28-13-9-7-10-14-28)22-47(58)40(64-42(56)29-15-11-8-12-16-29)38-45(6,32(52)21-33-46(38,23-61-33)65-26(3)51)39(54)37(62-25(2)50)34(24)44(47,4)5/h7-20,31-33,35-38,40,52-53,58H,21-23H2,1-6H3,(H,48,55)/t31?,32?,33?,35?,36?,37?,38?,40?,45-,46+,47?/m1/s1. The van der Waals surface area contributed by atoms with Crippen molar-refractivity contribution in [2.75, 3.05) is 6.61 Å². The Bertz CT molecular complexity index is 2440. The highest BCUT2D eigenvalue weighted by Crippen LogP contribution is 2.64. The minimum Gasteiger partial charge on any atom is -0.456 e. The van der Waals surface area contributed by atoms with Gasteiger partial charge in [-0.1, -0.05) is 62.4 Å². The van der Waals surface area contributed by atoms with Gasteiger partial charge in [-0.05, 0) is 54.8 Å². The van der Waals surface area contributed by atoms with Crippen LogP contribution in [0.15, 0.2) is 96.1 Å². The monoisotopic (exact) mass is 898 g/mol. The molecular weight excluding hydrogens is 849 g/mol. The van der Waals surface area contributed by atoms with Gasteiger partial charge >= 0.3 is 23.9 Å². The Labute approximate surface area is 373 Å². The van der Waals surface area contributed by atoms with Crippen LogP contribution in [0.4, 0.5) is 5.69 Å². The Morgan fingerprint density at radius 1 is 0.877 bits per heavy atom. The van der Waals surface area contributed by atoms with Crippen LogP contribution < -0.4 is 5.32 Å². The number of aliphatic hydroxyl groups excluding tert-OH is 2. The van der Waals surface area contributed by atoms with Gasteiger partial charge in [0.05, 0.1) is 40.6 Å². The van der Waals surface area contributed by atoms with Gasteiger partial charge in [0.25, 0.3) is 11.6 Å². The first-order valence-corrected chi connectivity index (χ1v) is 21.0. The minimum atomic E-state index is -2.46. The van der Waals surface area contributed by atoms with Gasteiger partial charge in [-0.3, -0.25) is 29.3 Å². The Hall–Kier alpha value is -6.34. The molecule has 3 aromatic carbocycles. The summed E-state index contributed by atoms with van der Waals surface area (Å²) in [6, 6.07) is 18.7. The molecule has 1 saturated heterocycles. The molecule has 4 N–H and O–H groups in total. The Kier molecular flexibility index (Phi) is 12.4. The molecule has 2 saturated carbocycles. The normalized spacial score (nSPS) is 30.9. The molecule has 65 heavy (non-hydrogen) atoms. The second-order valence-corrected chi connectivity index (χ2v) is 17.8. The smallest absolute Gasteiger partial charge is 0.338 e. The van der Waals surface area contributed by atoms with Gasteiger partial charge in [-0.15, -0.1) is 0 Å². The molecule has 0 spiro atoms. The highest BCUT2D eigenvalue weighted by atomic mass is 16.6. The van der Waals surface area contributed by atoms with Crippen LogP contribution in [-0.4, -0.2) is 110 Å². The van der Waals surface area contributed by atoms with E-state index in [0.717, 1.165) is 26.0 Å². The third-order valence-electron chi connectivity index (χ3n) is 13.8. The minimum absolute atomic E-state index is 0.0322. The van der Waals surface area contributed by atoms with Crippen molar-refractivity contribution in [2.45, 2.75) is 108 Å². The zero-order valence-electron chi connectivity index (χ0n) is 36.4. The molecule has 9 unspecified atom stereocenters. The number of amides is 1. The topological polar surface area (TPSA) is 264 Å². The fraction of sp³-hybridized carbons (Fsp3) is 0.447. The Morgan fingerprint density at radius 3 is 2.02 bits per heavy atom. The summed E-state index contributed by atoms with van der Waals surface area (Å²) in [5.41, 5.74) is -8.12. The lowest BCUT2D eigenvalue weighted by Gasteiger charge is -2.67. The molecule has 344 valence electrons. The molecule has 3 fully saturated rings. The van der Waals surface area contributed by atoms with Gasteiger partial charge in [0.15, 0.2) is 23.6 Å². The van der Waals surface area contributed by atoms with Gasteiger partial charge in [0.1, 0.15) is 23.9 Å². The third kappa shape index (κ3) is 7.87. The first-order valence-electron chi connectivity index (χ1n) is 21.0. The molecular formula is C47H50N2O16. The molecule has 2 bridgehead atoms. The number of benzene rings is 3. The largest absolute Gasteiger partial charge is 0.456 e.